The Morgan fingerprint density at radius 1 is 1.39 bits per heavy atom. The summed E-state index contributed by atoms with van der Waals surface area (Å²) in [7, 11) is -3.70. The van der Waals surface area contributed by atoms with E-state index in [0.717, 1.165) is 13.1 Å². The summed E-state index contributed by atoms with van der Waals surface area (Å²) < 4.78 is 64.2. The molecule has 2 heterocycles. The van der Waals surface area contributed by atoms with E-state index in [1.54, 1.807) is 11.4 Å². The van der Waals surface area contributed by atoms with Crippen LogP contribution in [0.25, 0.3) is 0 Å². The number of carboxylic acids is 1. The summed E-state index contributed by atoms with van der Waals surface area (Å²) >= 11 is 7.30. The number of nitrogens with zero attached hydrogens (tertiary/aromatic N) is 1. The summed E-state index contributed by atoms with van der Waals surface area (Å²) in [6.07, 6.45) is -3.47. The monoisotopic (exact) mass is 459 g/mol. The number of hydrogen-bond donors (Lipinski definition) is 3. The lowest BCUT2D eigenvalue weighted by atomic mass is 10.2. The van der Waals surface area contributed by atoms with Gasteiger partial charge < -0.3 is 15.2 Å². The number of nitrogens with one attached hydrogen (secondary N) is 2. The van der Waals surface area contributed by atoms with Crippen molar-refractivity contribution in [1.82, 2.24) is 10.3 Å². The van der Waals surface area contributed by atoms with Gasteiger partial charge in [-0.15, -0.1) is 11.3 Å². The summed E-state index contributed by atoms with van der Waals surface area (Å²) in [5, 5.41) is 12.5. The Balaban J connectivity index is 0.000000345. The molecule has 0 amide bonds. The minimum atomic E-state index is -5.08. The summed E-state index contributed by atoms with van der Waals surface area (Å²) in [4.78, 5) is 12.9. The number of halogens is 4. The van der Waals surface area contributed by atoms with Gasteiger partial charge in [0.25, 0.3) is 10.0 Å². The maximum atomic E-state index is 12.2. The molecular weight excluding hydrogens is 447 g/mol. The van der Waals surface area contributed by atoms with E-state index in [4.69, 9.17) is 26.2 Å². The van der Waals surface area contributed by atoms with Crippen LogP contribution in [0.5, 0.6) is 5.75 Å². The van der Waals surface area contributed by atoms with Crippen LogP contribution in [0.3, 0.4) is 0 Å². The number of aromatic nitrogens is 1. The number of benzene rings is 1. The van der Waals surface area contributed by atoms with Crippen molar-refractivity contribution in [1.29, 1.82) is 0 Å². The number of carboxylic acid groups (broad SMARTS) is 1. The van der Waals surface area contributed by atoms with Crippen LogP contribution in [-0.2, 0) is 14.8 Å². The van der Waals surface area contributed by atoms with E-state index in [-0.39, 0.29) is 16.0 Å². The molecule has 0 atom stereocenters. The number of rotatable bonds is 5. The molecule has 3 rings (SSSR count). The van der Waals surface area contributed by atoms with E-state index in [0.29, 0.717) is 10.9 Å². The lowest BCUT2D eigenvalue weighted by Crippen LogP contribution is -2.50. The first kappa shape index (κ1) is 22.2. The molecular formula is C14H13ClF3N3O5S2. The average molecular weight is 460 g/mol. The SMILES string of the molecule is O=C(O)C(F)(F)F.O=S(=O)(Nc1nccs1)c1ccc(OC2CNC2)c(Cl)c1. The molecule has 0 radical (unpaired) electrons. The van der Waals surface area contributed by atoms with E-state index >= 15 is 0 Å². The van der Waals surface area contributed by atoms with Gasteiger partial charge in [-0.3, -0.25) is 4.72 Å². The zero-order valence-electron chi connectivity index (χ0n) is 13.7. The fourth-order valence-corrected chi connectivity index (χ4v) is 3.82. The minimum Gasteiger partial charge on any atom is -0.486 e. The number of aliphatic carboxylic acids is 1. The Morgan fingerprint density at radius 2 is 2.04 bits per heavy atom. The van der Waals surface area contributed by atoms with Crippen LogP contribution in [0.1, 0.15) is 0 Å². The summed E-state index contributed by atoms with van der Waals surface area (Å²) in [5.41, 5.74) is 0. The molecule has 1 aliphatic rings. The smallest absolute Gasteiger partial charge is 0.486 e. The van der Waals surface area contributed by atoms with Crippen molar-refractivity contribution in [3.05, 3.63) is 34.8 Å². The Kier molecular flexibility index (Phi) is 7.09. The number of anilines is 1. The van der Waals surface area contributed by atoms with Crippen molar-refractivity contribution >= 4 is 44.1 Å². The Labute approximate surface area is 166 Å². The van der Waals surface area contributed by atoms with Gasteiger partial charge >= 0.3 is 12.1 Å². The molecule has 0 spiro atoms. The first-order valence-electron chi connectivity index (χ1n) is 7.38. The van der Waals surface area contributed by atoms with E-state index in [1.165, 1.54) is 29.7 Å². The van der Waals surface area contributed by atoms with Gasteiger partial charge in [-0.05, 0) is 18.2 Å². The maximum Gasteiger partial charge on any atom is 0.490 e. The normalized spacial score (nSPS) is 14.4. The summed E-state index contributed by atoms with van der Waals surface area (Å²) in [5.74, 6) is -2.27. The van der Waals surface area contributed by atoms with E-state index in [9.17, 15) is 21.6 Å². The molecule has 1 fully saturated rings. The number of ether oxygens (including phenoxy) is 1. The molecule has 1 aromatic heterocycles. The van der Waals surface area contributed by atoms with E-state index < -0.39 is 22.2 Å². The number of sulfonamides is 1. The third-order valence-corrected chi connectivity index (χ3v) is 5.60. The van der Waals surface area contributed by atoms with Gasteiger partial charge in [0.05, 0.1) is 9.92 Å². The topological polar surface area (TPSA) is 118 Å². The third-order valence-electron chi connectivity index (χ3n) is 3.15. The molecule has 2 aromatic rings. The highest BCUT2D eigenvalue weighted by Gasteiger charge is 2.38. The second-order valence-electron chi connectivity index (χ2n) is 5.24. The van der Waals surface area contributed by atoms with Crippen molar-refractivity contribution in [3.8, 4) is 5.75 Å². The van der Waals surface area contributed by atoms with Crippen LogP contribution >= 0.6 is 22.9 Å². The van der Waals surface area contributed by atoms with Gasteiger partial charge in [0.15, 0.2) is 5.13 Å². The van der Waals surface area contributed by atoms with Crippen molar-refractivity contribution in [2.75, 3.05) is 17.8 Å². The highest BCUT2D eigenvalue weighted by atomic mass is 35.5. The van der Waals surface area contributed by atoms with Crippen molar-refractivity contribution in [3.63, 3.8) is 0 Å². The van der Waals surface area contributed by atoms with Crippen LogP contribution in [0.2, 0.25) is 5.02 Å². The van der Waals surface area contributed by atoms with Crippen molar-refractivity contribution < 1.29 is 36.2 Å². The predicted octanol–water partition coefficient (Wildman–Crippen LogP) is 2.58. The van der Waals surface area contributed by atoms with Gasteiger partial charge in [-0.1, -0.05) is 11.6 Å². The fourth-order valence-electron chi connectivity index (χ4n) is 1.72. The maximum absolute atomic E-state index is 12.2. The van der Waals surface area contributed by atoms with Crippen LogP contribution in [-0.4, -0.2) is 49.8 Å². The lowest BCUT2D eigenvalue weighted by molar-refractivity contribution is -0.192. The summed E-state index contributed by atoms with van der Waals surface area (Å²) in [6, 6.07) is 4.40. The Hall–Kier alpha value is -2.09. The molecule has 154 valence electrons. The Bertz CT molecular complexity index is 919. The summed E-state index contributed by atoms with van der Waals surface area (Å²) in [6.45, 7) is 1.53. The van der Waals surface area contributed by atoms with Crippen molar-refractivity contribution in [2.24, 2.45) is 0 Å². The van der Waals surface area contributed by atoms with Crippen LogP contribution in [0.4, 0.5) is 18.3 Å². The number of hydrogen-bond acceptors (Lipinski definition) is 7. The number of thiazole rings is 1. The fraction of sp³-hybridized carbons (Fsp3) is 0.286. The first-order valence-corrected chi connectivity index (χ1v) is 10.1. The van der Waals surface area contributed by atoms with Gasteiger partial charge in [0, 0.05) is 24.7 Å². The highest BCUT2D eigenvalue weighted by Crippen LogP contribution is 2.29. The molecule has 14 heteroatoms. The number of alkyl halides is 3. The van der Waals surface area contributed by atoms with Crippen molar-refractivity contribution in [2.45, 2.75) is 17.2 Å². The molecule has 0 aliphatic carbocycles. The zero-order chi connectivity index (χ0) is 20.9. The minimum absolute atomic E-state index is 0.0711. The standard InChI is InChI=1S/C12H12ClN3O3S2.C2HF3O2/c13-10-5-9(1-2-11(10)19-8-6-14-7-8)21(17,18)16-12-15-3-4-20-12;3-2(4,5)1(6)7/h1-5,8,14H,6-7H2,(H,15,16);(H,6,7). The second kappa shape index (κ2) is 8.94. The number of carbonyl (C=O) groups is 1. The predicted molar refractivity (Wildman–Crippen MR) is 95.4 cm³/mol. The largest absolute Gasteiger partial charge is 0.490 e. The molecule has 1 saturated heterocycles. The van der Waals surface area contributed by atoms with Crippen LogP contribution in [0, 0.1) is 0 Å². The highest BCUT2D eigenvalue weighted by molar-refractivity contribution is 7.93. The molecule has 8 nitrogen and oxygen atoms in total. The molecule has 0 unspecified atom stereocenters. The Morgan fingerprint density at radius 3 is 2.46 bits per heavy atom. The average Bonchev–Trinajstić information content (AvgIpc) is 3.03. The lowest BCUT2D eigenvalue weighted by Gasteiger charge is -2.28. The van der Waals surface area contributed by atoms with E-state index in [2.05, 4.69) is 15.0 Å². The molecule has 3 N–H and O–H groups in total. The molecule has 0 saturated carbocycles. The molecule has 0 bridgehead atoms. The van der Waals surface area contributed by atoms with Crippen LogP contribution < -0.4 is 14.8 Å². The van der Waals surface area contributed by atoms with E-state index in [1.807, 2.05) is 0 Å². The van der Waals surface area contributed by atoms with Gasteiger partial charge in [-0.2, -0.15) is 13.2 Å². The van der Waals surface area contributed by atoms with Gasteiger partial charge in [-0.25, -0.2) is 18.2 Å². The molecule has 28 heavy (non-hydrogen) atoms. The van der Waals surface area contributed by atoms with Gasteiger partial charge in [0.1, 0.15) is 11.9 Å². The van der Waals surface area contributed by atoms with Crippen LogP contribution in [0.15, 0.2) is 34.7 Å². The zero-order valence-corrected chi connectivity index (χ0v) is 16.1. The second-order valence-corrected chi connectivity index (χ2v) is 8.22. The van der Waals surface area contributed by atoms with Gasteiger partial charge in [0.2, 0.25) is 0 Å². The molecule has 1 aromatic carbocycles. The molecule has 1 aliphatic heterocycles. The third kappa shape index (κ3) is 6.22. The quantitative estimate of drug-likeness (QED) is 0.629. The first-order chi connectivity index (χ1) is 13.0.